The van der Waals surface area contributed by atoms with Crippen molar-refractivity contribution in [1.29, 1.82) is 0 Å². The number of ether oxygens (including phenoxy) is 2. The zero-order chi connectivity index (χ0) is 18.4. The minimum Gasteiger partial charge on any atom is -0.493 e. The molecule has 1 aliphatic rings. The summed E-state index contributed by atoms with van der Waals surface area (Å²) >= 11 is 0. The van der Waals surface area contributed by atoms with Crippen molar-refractivity contribution in [2.75, 3.05) is 13.7 Å². The van der Waals surface area contributed by atoms with E-state index >= 15 is 0 Å². The molecule has 2 atom stereocenters. The Balaban J connectivity index is 1.98. The van der Waals surface area contributed by atoms with Gasteiger partial charge in [0.2, 0.25) is 0 Å². The highest BCUT2D eigenvalue weighted by Crippen LogP contribution is 2.31. The Hall–Kier alpha value is -2.30. The van der Waals surface area contributed by atoms with E-state index < -0.39 is 0 Å². The van der Waals surface area contributed by atoms with Crippen LogP contribution in [0.5, 0.6) is 5.75 Å². The van der Waals surface area contributed by atoms with Gasteiger partial charge in [-0.2, -0.15) is 0 Å². The van der Waals surface area contributed by atoms with E-state index in [-0.39, 0.29) is 23.6 Å². The number of carbonyl (C=O) groups excluding carboxylic acids is 2. The fourth-order valence-electron chi connectivity index (χ4n) is 3.17. The quantitative estimate of drug-likeness (QED) is 0.485. The number of carbonyl (C=O) groups is 2. The number of allylic oxidation sites excluding steroid dienone is 2. The summed E-state index contributed by atoms with van der Waals surface area (Å²) < 4.78 is 10.8. The summed E-state index contributed by atoms with van der Waals surface area (Å²) in [6.45, 7) is 3.92. The van der Waals surface area contributed by atoms with Gasteiger partial charge in [-0.05, 0) is 51.0 Å². The molecule has 0 aromatic heterocycles. The van der Waals surface area contributed by atoms with E-state index in [0.29, 0.717) is 29.2 Å². The number of ketones is 1. The van der Waals surface area contributed by atoms with Gasteiger partial charge in [0.1, 0.15) is 5.75 Å². The normalized spacial score (nSPS) is 21.2. The second kappa shape index (κ2) is 8.70. The lowest BCUT2D eigenvalue weighted by Gasteiger charge is -2.29. The molecule has 0 bridgehead atoms. The minimum absolute atomic E-state index is 0.0791. The molecule has 1 aliphatic carbocycles. The molecule has 0 saturated heterocycles. The van der Waals surface area contributed by atoms with Crippen molar-refractivity contribution < 1.29 is 19.1 Å². The Morgan fingerprint density at radius 3 is 2.36 bits per heavy atom. The van der Waals surface area contributed by atoms with Crippen LogP contribution in [0.1, 0.15) is 49.9 Å². The van der Waals surface area contributed by atoms with Gasteiger partial charge in [-0.3, -0.25) is 9.59 Å². The zero-order valence-electron chi connectivity index (χ0n) is 15.2. The van der Waals surface area contributed by atoms with Gasteiger partial charge in [0, 0.05) is 22.8 Å². The topological polar surface area (TPSA) is 78.6 Å². The molecule has 0 amide bonds. The Morgan fingerprint density at radius 1 is 1.12 bits per heavy atom. The summed E-state index contributed by atoms with van der Waals surface area (Å²) in [6.07, 6.45) is 3.99. The van der Waals surface area contributed by atoms with Crippen LogP contribution in [0.2, 0.25) is 0 Å². The summed E-state index contributed by atoms with van der Waals surface area (Å²) in [5, 5.41) is 0. The van der Waals surface area contributed by atoms with Crippen molar-refractivity contribution in [2.45, 2.75) is 39.5 Å². The first-order valence-electron chi connectivity index (χ1n) is 8.72. The average Bonchev–Trinajstić information content (AvgIpc) is 2.65. The highest BCUT2D eigenvalue weighted by molar-refractivity contribution is 6.08. The predicted octanol–water partition coefficient (Wildman–Crippen LogP) is 3.48. The lowest BCUT2D eigenvalue weighted by molar-refractivity contribution is -0.149. The molecule has 1 aromatic rings. The number of rotatable bonds is 6. The van der Waals surface area contributed by atoms with Crippen molar-refractivity contribution in [3.8, 4) is 5.75 Å². The third-order valence-electron chi connectivity index (χ3n) is 4.93. The summed E-state index contributed by atoms with van der Waals surface area (Å²) in [5.41, 5.74) is 7.34. The molecule has 0 heterocycles. The van der Waals surface area contributed by atoms with Crippen LogP contribution in [0.25, 0.3) is 0 Å². The summed E-state index contributed by atoms with van der Waals surface area (Å²) in [7, 11) is 1.43. The lowest BCUT2D eigenvalue weighted by atomic mass is 9.80. The van der Waals surface area contributed by atoms with Crippen LogP contribution >= 0.6 is 0 Å². The number of esters is 1. The Labute approximate surface area is 149 Å². The molecule has 2 N–H and O–H groups in total. The molecule has 0 spiro atoms. The maximum Gasteiger partial charge on any atom is 0.309 e. The van der Waals surface area contributed by atoms with Crippen molar-refractivity contribution in [3.05, 3.63) is 41.1 Å². The van der Waals surface area contributed by atoms with E-state index in [0.717, 1.165) is 25.7 Å². The molecule has 2 unspecified atom stereocenters. The number of benzene rings is 1. The van der Waals surface area contributed by atoms with Crippen LogP contribution in [-0.2, 0) is 9.53 Å². The maximum absolute atomic E-state index is 12.2. The highest BCUT2D eigenvalue weighted by atomic mass is 16.5. The first-order chi connectivity index (χ1) is 11.9. The van der Waals surface area contributed by atoms with Crippen LogP contribution in [-0.4, -0.2) is 25.5 Å². The van der Waals surface area contributed by atoms with Crippen LogP contribution in [0.3, 0.4) is 0 Å². The SMILES string of the molecule is COC(=O)C1CCCCC1COc1ccc(C(=O)/C(C)=C(/C)N)cc1. The molecular formula is C20H27NO4. The smallest absolute Gasteiger partial charge is 0.309 e. The Bertz CT molecular complexity index is 644. The van der Waals surface area contributed by atoms with Crippen molar-refractivity contribution >= 4 is 11.8 Å². The first-order valence-corrected chi connectivity index (χ1v) is 8.72. The van der Waals surface area contributed by atoms with Crippen molar-refractivity contribution in [1.82, 2.24) is 0 Å². The van der Waals surface area contributed by atoms with Crippen LogP contribution in [0.15, 0.2) is 35.5 Å². The Morgan fingerprint density at radius 2 is 1.76 bits per heavy atom. The highest BCUT2D eigenvalue weighted by Gasteiger charge is 2.32. The molecule has 0 radical (unpaired) electrons. The van der Waals surface area contributed by atoms with E-state index in [9.17, 15) is 9.59 Å². The van der Waals surface area contributed by atoms with Gasteiger partial charge in [-0.15, -0.1) is 0 Å². The van der Waals surface area contributed by atoms with Crippen molar-refractivity contribution in [3.63, 3.8) is 0 Å². The Kier molecular flexibility index (Phi) is 6.62. The molecule has 5 heteroatoms. The minimum atomic E-state index is -0.145. The molecule has 1 saturated carbocycles. The molecule has 0 aliphatic heterocycles. The molecular weight excluding hydrogens is 318 g/mol. The average molecular weight is 345 g/mol. The van der Waals surface area contributed by atoms with E-state index in [1.807, 2.05) is 0 Å². The monoisotopic (exact) mass is 345 g/mol. The standard InChI is InChI=1S/C20H27NO4/c1-13(14(2)21)19(22)15-8-10-17(11-9-15)25-12-16-6-4-5-7-18(16)20(23)24-3/h8-11,16,18H,4-7,12,21H2,1-3H3/b14-13-. The molecule has 2 rings (SSSR count). The van der Waals surface area contributed by atoms with Gasteiger partial charge in [0.25, 0.3) is 0 Å². The number of hydrogen-bond donors (Lipinski definition) is 1. The van der Waals surface area contributed by atoms with Gasteiger partial charge in [0.05, 0.1) is 19.6 Å². The fourth-order valence-corrected chi connectivity index (χ4v) is 3.17. The number of nitrogens with two attached hydrogens (primary N) is 1. The summed E-state index contributed by atoms with van der Waals surface area (Å²) in [4.78, 5) is 24.1. The molecule has 25 heavy (non-hydrogen) atoms. The van der Waals surface area contributed by atoms with Gasteiger partial charge in [-0.25, -0.2) is 0 Å². The van der Waals surface area contributed by atoms with Gasteiger partial charge in [-0.1, -0.05) is 12.8 Å². The second-order valence-electron chi connectivity index (χ2n) is 6.65. The number of hydrogen-bond acceptors (Lipinski definition) is 5. The van der Waals surface area contributed by atoms with E-state index in [1.165, 1.54) is 7.11 Å². The van der Waals surface area contributed by atoms with E-state index in [1.54, 1.807) is 38.1 Å². The molecule has 5 nitrogen and oxygen atoms in total. The fraction of sp³-hybridized carbons (Fsp3) is 0.500. The van der Waals surface area contributed by atoms with Crippen molar-refractivity contribution in [2.24, 2.45) is 17.6 Å². The maximum atomic E-state index is 12.2. The summed E-state index contributed by atoms with van der Waals surface area (Å²) in [5.74, 6) is 0.558. The van der Waals surface area contributed by atoms with Crippen LogP contribution < -0.4 is 10.5 Å². The van der Waals surface area contributed by atoms with Crippen LogP contribution in [0.4, 0.5) is 0 Å². The van der Waals surface area contributed by atoms with E-state index in [2.05, 4.69) is 0 Å². The first kappa shape index (κ1) is 19.0. The number of methoxy groups -OCH3 is 1. The van der Waals surface area contributed by atoms with Gasteiger partial charge in [0.15, 0.2) is 5.78 Å². The number of Topliss-reactive ketones (excluding diaryl/α,β-unsaturated/α-hetero) is 1. The predicted molar refractivity (Wildman–Crippen MR) is 96.3 cm³/mol. The second-order valence-corrected chi connectivity index (χ2v) is 6.65. The van der Waals surface area contributed by atoms with Gasteiger partial charge < -0.3 is 15.2 Å². The molecule has 1 fully saturated rings. The molecule has 136 valence electrons. The summed E-state index contributed by atoms with van der Waals surface area (Å²) in [6, 6.07) is 7.04. The van der Waals surface area contributed by atoms with Gasteiger partial charge >= 0.3 is 5.97 Å². The zero-order valence-corrected chi connectivity index (χ0v) is 15.2. The third-order valence-corrected chi connectivity index (χ3v) is 4.93. The van der Waals surface area contributed by atoms with E-state index in [4.69, 9.17) is 15.2 Å². The molecule has 1 aromatic carbocycles. The van der Waals surface area contributed by atoms with Crippen LogP contribution in [0, 0.1) is 11.8 Å². The lowest BCUT2D eigenvalue weighted by Crippen LogP contribution is -2.32. The largest absolute Gasteiger partial charge is 0.493 e. The third kappa shape index (κ3) is 4.84.